The van der Waals surface area contributed by atoms with Gasteiger partial charge in [0.2, 0.25) is 11.8 Å². The molecule has 1 fully saturated rings. The summed E-state index contributed by atoms with van der Waals surface area (Å²) in [6.45, 7) is 6.05. The number of furan rings is 1. The average Bonchev–Trinajstić information content (AvgIpc) is 3.39. The van der Waals surface area contributed by atoms with Crippen molar-refractivity contribution in [1.82, 2.24) is 15.5 Å². The van der Waals surface area contributed by atoms with Crippen molar-refractivity contribution >= 4 is 17.7 Å². The van der Waals surface area contributed by atoms with Gasteiger partial charge in [-0.25, -0.2) is 0 Å². The number of rotatable bonds is 11. The second-order valence-electron chi connectivity index (χ2n) is 8.24. The molecule has 0 aliphatic heterocycles. The quantitative estimate of drug-likeness (QED) is 0.492. The highest BCUT2D eigenvalue weighted by Gasteiger charge is 2.32. The lowest BCUT2D eigenvalue weighted by atomic mass is 9.94. The monoisotopic (exact) mass is 467 g/mol. The second kappa shape index (κ2) is 12.6. The summed E-state index contributed by atoms with van der Waals surface area (Å²) in [5, 5.41) is 5.70. The van der Waals surface area contributed by atoms with Crippen LogP contribution in [0.3, 0.4) is 0 Å². The van der Waals surface area contributed by atoms with E-state index in [1.54, 1.807) is 36.4 Å². The van der Waals surface area contributed by atoms with Gasteiger partial charge in [0.1, 0.15) is 11.8 Å². The Bertz CT molecular complexity index is 949. The predicted octanol–water partition coefficient (Wildman–Crippen LogP) is 3.61. The number of benzene rings is 1. The van der Waals surface area contributed by atoms with Crippen molar-refractivity contribution < 1.29 is 23.5 Å². The molecular formula is C26H33N3O5. The topological polar surface area (TPSA) is 101 Å². The van der Waals surface area contributed by atoms with Gasteiger partial charge in [0.15, 0.2) is 5.76 Å². The molecule has 2 aromatic rings. The smallest absolute Gasteiger partial charge is 0.287 e. The van der Waals surface area contributed by atoms with Gasteiger partial charge in [-0.2, -0.15) is 0 Å². The van der Waals surface area contributed by atoms with E-state index in [0.29, 0.717) is 17.9 Å². The molecule has 0 bridgehead atoms. The number of carbonyl (C=O) groups is 3. The van der Waals surface area contributed by atoms with Gasteiger partial charge in [-0.3, -0.25) is 14.4 Å². The molecule has 3 amide bonds. The van der Waals surface area contributed by atoms with Crippen LogP contribution in [0.1, 0.15) is 61.2 Å². The lowest BCUT2D eigenvalue weighted by Crippen LogP contribution is -2.49. The minimum atomic E-state index is -0.872. The molecule has 1 aliphatic rings. The molecule has 0 radical (unpaired) electrons. The highest BCUT2D eigenvalue weighted by atomic mass is 16.5. The van der Waals surface area contributed by atoms with Crippen molar-refractivity contribution in [1.29, 1.82) is 0 Å². The molecule has 8 nitrogen and oxygen atoms in total. The van der Waals surface area contributed by atoms with E-state index < -0.39 is 17.9 Å². The fourth-order valence-corrected chi connectivity index (χ4v) is 4.16. The van der Waals surface area contributed by atoms with Gasteiger partial charge >= 0.3 is 0 Å². The summed E-state index contributed by atoms with van der Waals surface area (Å²) in [7, 11) is 0. The number of amides is 3. The van der Waals surface area contributed by atoms with Crippen LogP contribution in [0.4, 0.5) is 0 Å². The fraction of sp³-hybridized carbons (Fsp3) is 0.423. The number of hydrogen-bond donors (Lipinski definition) is 2. The molecule has 0 saturated heterocycles. The van der Waals surface area contributed by atoms with E-state index in [9.17, 15) is 14.4 Å². The summed E-state index contributed by atoms with van der Waals surface area (Å²) in [5.41, 5.74) is 0.657. The summed E-state index contributed by atoms with van der Waals surface area (Å²) >= 11 is 0. The zero-order valence-corrected chi connectivity index (χ0v) is 19.6. The third-order valence-electron chi connectivity index (χ3n) is 5.81. The molecule has 1 aromatic heterocycles. The molecule has 8 heteroatoms. The van der Waals surface area contributed by atoms with Crippen LogP contribution in [0.2, 0.25) is 0 Å². The number of carbonyl (C=O) groups excluding carboxylic acids is 3. The van der Waals surface area contributed by atoms with Gasteiger partial charge in [-0.1, -0.05) is 37.5 Å². The molecule has 182 valence electrons. The van der Waals surface area contributed by atoms with E-state index in [4.69, 9.17) is 9.15 Å². The zero-order valence-electron chi connectivity index (χ0n) is 19.6. The first kappa shape index (κ1) is 25.1. The summed E-state index contributed by atoms with van der Waals surface area (Å²) in [5.74, 6) is -0.353. The molecule has 2 N–H and O–H groups in total. The molecule has 1 atom stereocenters. The largest absolute Gasteiger partial charge is 0.494 e. The summed E-state index contributed by atoms with van der Waals surface area (Å²) in [6, 6.07) is 9.49. The van der Waals surface area contributed by atoms with Crippen LogP contribution >= 0.6 is 0 Å². The standard InChI is InChI=1S/C26H33N3O5/c1-3-16-29(23(30)18-27-25(31)22-11-8-17-34-22)24(19-12-14-21(15-13-19)33-4-2)26(32)28-20-9-6-5-7-10-20/h3,8,11-15,17,20,24H,1,4-7,9-10,16,18H2,2H3,(H,27,31)(H,28,32). The molecule has 1 aliphatic carbocycles. The fourth-order valence-electron chi connectivity index (χ4n) is 4.16. The first-order chi connectivity index (χ1) is 16.5. The first-order valence-electron chi connectivity index (χ1n) is 11.8. The molecule has 0 spiro atoms. The van der Waals surface area contributed by atoms with E-state index in [2.05, 4.69) is 17.2 Å². The Morgan fingerprint density at radius 2 is 1.91 bits per heavy atom. The number of hydrogen-bond acceptors (Lipinski definition) is 5. The Hall–Kier alpha value is -3.55. The Balaban J connectivity index is 1.81. The Morgan fingerprint density at radius 1 is 1.18 bits per heavy atom. The van der Waals surface area contributed by atoms with Crippen molar-refractivity contribution in [2.75, 3.05) is 19.7 Å². The van der Waals surface area contributed by atoms with Crippen LogP contribution in [-0.2, 0) is 9.59 Å². The lowest BCUT2D eigenvalue weighted by molar-refractivity contribution is -0.139. The third-order valence-corrected chi connectivity index (χ3v) is 5.81. The Labute approximate surface area is 200 Å². The van der Waals surface area contributed by atoms with Gasteiger partial charge in [0.25, 0.3) is 5.91 Å². The van der Waals surface area contributed by atoms with Gasteiger partial charge in [0.05, 0.1) is 19.4 Å². The number of ether oxygens (including phenoxy) is 1. The second-order valence-corrected chi connectivity index (χ2v) is 8.24. The van der Waals surface area contributed by atoms with Crippen molar-refractivity contribution in [3.05, 3.63) is 66.6 Å². The van der Waals surface area contributed by atoms with Crippen LogP contribution in [0, 0.1) is 0 Å². The molecule has 3 rings (SSSR count). The zero-order chi connectivity index (χ0) is 24.3. The van der Waals surface area contributed by atoms with E-state index in [0.717, 1.165) is 25.7 Å². The normalized spacial score (nSPS) is 14.6. The van der Waals surface area contributed by atoms with Crippen LogP contribution in [0.5, 0.6) is 5.75 Å². The van der Waals surface area contributed by atoms with Gasteiger partial charge in [-0.05, 0) is 49.6 Å². The van der Waals surface area contributed by atoms with Crippen LogP contribution in [0.15, 0.2) is 59.7 Å². The molecule has 1 heterocycles. The van der Waals surface area contributed by atoms with Crippen LogP contribution in [-0.4, -0.2) is 48.4 Å². The molecule has 1 aromatic carbocycles. The summed E-state index contributed by atoms with van der Waals surface area (Å²) < 4.78 is 10.6. The Morgan fingerprint density at radius 3 is 2.53 bits per heavy atom. The molecule has 34 heavy (non-hydrogen) atoms. The van der Waals surface area contributed by atoms with Crippen molar-refractivity contribution in [3.63, 3.8) is 0 Å². The maximum absolute atomic E-state index is 13.5. The van der Waals surface area contributed by atoms with Crippen LogP contribution in [0.25, 0.3) is 0 Å². The minimum absolute atomic E-state index is 0.0887. The summed E-state index contributed by atoms with van der Waals surface area (Å²) in [6.07, 6.45) is 8.14. The van der Waals surface area contributed by atoms with Gasteiger partial charge in [-0.15, -0.1) is 6.58 Å². The third kappa shape index (κ3) is 6.73. The van der Waals surface area contributed by atoms with Crippen molar-refractivity contribution in [2.24, 2.45) is 0 Å². The summed E-state index contributed by atoms with van der Waals surface area (Å²) in [4.78, 5) is 40.4. The SMILES string of the molecule is C=CCN(C(=O)CNC(=O)c1ccco1)C(C(=O)NC1CCCCC1)c1ccc(OCC)cc1. The maximum atomic E-state index is 13.5. The van der Waals surface area contributed by atoms with E-state index in [1.807, 2.05) is 6.92 Å². The van der Waals surface area contributed by atoms with Crippen molar-refractivity contribution in [2.45, 2.75) is 51.1 Å². The lowest BCUT2D eigenvalue weighted by Gasteiger charge is -2.33. The van der Waals surface area contributed by atoms with Crippen LogP contribution < -0.4 is 15.4 Å². The molecular weight excluding hydrogens is 434 g/mol. The van der Waals surface area contributed by atoms with E-state index in [1.165, 1.54) is 23.7 Å². The van der Waals surface area contributed by atoms with Crippen molar-refractivity contribution in [3.8, 4) is 5.75 Å². The Kier molecular flexibility index (Phi) is 9.31. The van der Waals surface area contributed by atoms with E-state index in [-0.39, 0.29) is 30.8 Å². The number of nitrogens with zero attached hydrogens (tertiary/aromatic N) is 1. The number of nitrogens with one attached hydrogen (secondary N) is 2. The predicted molar refractivity (Wildman–Crippen MR) is 128 cm³/mol. The average molecular weight is 468 g/mol. The first-order valence-corrected chi connectivity index (χ1v) is 11.8. The van der Waals surface area contributed by atoms with E-state index >= 15 is 0 Å². The molecule has 1 saturated carbocycles. The highest BCUT2D eigenvalue weighted by Crippen LogP contribution is 2.26. The maximum Gasteiger partial charge on any atom is 0.287 e. The highest BCUT2D eigenvalue weighted by molar-refractivity contribution is 5.95. The van der Waals surface area contributed by atoms with Gasteiger partial charge < -0.3 is 24.7 Å². The minimum Gasteiger partial charge on any atom is -0.494 e. The van der Waals surface area contributed by atoms with Gasteiger partial charge in [0, 0.05) is 12.6 Å². The molecule has 1 unspecified atom stereocenters.